The SMILES string of the molecule is CCOC(=O)C#CC(=O)[O-]. The molecule has 0 aliphatic carbocycles. The van der Waals surface area contributed by atoms with Crippen molar-refractivity contribution in [1.29, 1.82) is 0 Å². The van der Waals surface area contributed by atoms with Crippen LogP contribution in [0.4, 0.5) is 0 Å². The average molecular weight is 141 g/mol. The quantitative estimate of drug-likeness (QED) is 0.248. The van der Waals surface area contributed by atoms with Crippen molar-refractivity contribution < 1.29 is 19.4 Å². The highest BCUT2D eigenvalue weighted by Gasteiger charge is 1.90. The molecule has 0 unspecified atom stereocenters. The fourth-order valence-electron chi connectivity index (χ4n) is 0.269. The summed E-state index contributed by atoms with van der Waals surface area (Å²) >= 11 is 0. The molecule has 0 rings (SSSR count). The number of hydrogen-bond acceptors (Lipinski definition) is 4. The first-order valence-corrected chi connectivity index (χ1v) is 2.56. The number of carboxylic acid groups (broad SMARTS) is 1. The van der Waals surface area contributed by atoms with Crippen molar-refractivity contribution in [3.8, 4) is 11.8 Å². The number of carbonyl (C=O) groups is 2. The molecule has 0 fully saturated rings. The lowest BCUT2D eigenvalue weighted by molar-refractivity contribution is -0.295. The van der Waals surface area contributed by atoms with Crippen molar-refractivity contribution >= 4 is 11.9 Å². The first-order valence-electron chi connectivity index (χ1n) is 2.56. The molecule has 0 heterocycles. The van der Waals surface area contributed by atoms with Crippen molar-refractivity contribution in [3.05, 3.63) is 0 Å². The van der Waals surface area contributed by atoms with E-state index in [1.54, 1.807) is 12.8 Å². The van der Waals surface area contributed by atoms with Gasteiger partial charge in [-0.05, 0) is 12.8 Å². The summed E-state index contributed by atoms with van der Waals surface area (Å²) in [7, 11) is 0. The Kier molecular flexibility index (Phi) is 3.73. The molecular weight excluding hydrogens is 136 g/mol. The Morgan fingerprint density at radius 2 is 2.10 bits per heavy atom. The smallest absolute Gasteiger partial charge is 0.384 e. The van der Waals surface area contributed by atoms with Gasteiger partial charge in [-0.2, -0.15) is 0 Å². The van der Waals surface area contributed by atoms with Crippen LogP contribution in [0.2, 0.25) is 0 Å². The van der Waals surface area contributed by atoms with E-state index in [0.717, 1.165) is 0 Å². The number of esters is 1. The number of rotatable bonds is 1. The van der Waals surface area contributed by atoms with Crippen LogP contribution in [-0.4, -0.2) is 18.5 Å². The number of aliphatic carboxylic acids is 1. The predicted molar refractivity (Wildman–Crippen MR) is 29.4 cm³/mol. The topological polar surface area (TPSA) is 66.4 Å². The maximum atomic E-state index is 10.3. The number of carbonyl (C=O) groups excluding carboxylic acids is 2. The van der Waals surface area contributed by atoms with E-state index in [0.29, 0.717) is 0 Å². The number of hydrogen-bond donors (Lipinski definition) is 0. The molecule has 0 saturated heterocycles. The van der Waals surface area contributed by atoms with E-state index in [1.165, 1.54) is 5.92 Å². The highest BCUT2D eigenvalue weighted by atomic mass is 16.5. The van der Waals surface area contributed by atoms with Gasteiger partial charge in [0.1, 0.15) is 5.97 Å². The summed E-state index contributed by atoms with van der Waals surface area (Å²) in [6.07, 6.45) is 0. The zero-order chi connectivity index (χ0) is 7.98. The molecule has 0 saturated carbocycles. The van der Waals surface area contributed by atoms with Gasteiger partial charge in [0.2, 0.25) is 0 Å². The minimum atomic E-state index is -1.59. The summed E-state index contributed by atoms with van der Waals surface area (Å²) in [5.41, 5.74) is 0. The summed E-state index contributed by atoms with van der Waals surface area (Å²) in [4.78, 5) is 19.9. The van der Waals surface area contributed by atoms with E-state index < -0.39 is 11.9 Å². The fraction of sp³-hybridized carbons (Fsp3) is 0.333. The van der Waals surface area contributed by atoms with Gasteiger partial charge >= 0.3 is 5.97 Å². The van der Waals surface area contributed by atoms with Gasteiger partial charge < -0.3 is 14.6 Å². The first-order chi connectivity index (χ1) is 4.66. The minimum absolute atomic E-state index is 0.181. The normalized spacial score (nSPS) is 7.30. The molecule has 0 amide bonds. The summed E-state index contributed by atoms with van der Waals surface area (Å²) in [6.45, 7) is 1.78. The van der Waals surface area contributed by atoms with Crippen molar-refractivity contribution in [3.63, 3.8) is 0 Å². The van der Waals surface area contributed by atoms with E-state index in [1.807, 2.05) is 0 Å². The second-order valence-electron chi connectivity index (χ2n) is 1.26. The average Bonchev–Trinajstić information content (AvgIpc) is 1.85. The fourth-order valence-corrected chi connectivity index (χ4v) is 0.269. The van der Waals surface area contributed by atoms with Crippen LogP contribution in [0.25, 0.3) is 0 Å². The summed E-state index contributed by atoms with van der Waals surface area (Å²) in [6, 6.07) is 0. The van der Waals surface area contributed by atoms with Crippen molar-refractivity contribution in [2.24, 2.45) is 0 Å². The lowest BCUT2D eigenvalue weighted by Crippen LogP contribution is -2.19. The zero-order valence-electron chi connectivity index (χ0n) is 5.34. The standard InChI is InChI=1S/C6H6O4/c1-2-10-6(9)4-3-5(7)8/h2H2,1H3,(H,7,8)/p-1. The van der Waals surface area contributed by atoms with E-state index in [-0.39, 0.29) is 6.61 Å². The maximum Gasteiger partial charge on any atom is 0.384 e. The lowest BCUT2D eigenvalue weighted by Gasteiger charge is -1.90. The third kappa shape index (κ3) is 4.65. The Morgan fingerprint density at radius 3 is 2.50 bits per heavy atom. The predicted octanol–water partition coefficient (Wildman–Crippen LogP) is -1.70. The molecule has 0 radical (unpaired) electrons. The van der Waals surface area contributed by atoms with Crippen LogP contribution in [0.5, 0.6) is 0 Å². The van der Waals surface area contributed by atoms with Crippen LogP contribution in [0.1, 0.15) is 6.92 Å². The maximum absolute atomic E-state index is 10.3. The molecule has 54 valence electrons. The van der Waals surface area contributed by atoms with E-state index in [2.05, 4.69) is 4.74 Å². The van der Waals surface area contributed by atoms with Gasteiger partial charge in [0.25, 0.3) is 0 Å². The summed E-state index contributed by atoms with van der Waals surface area (Å²) in [5, 5.41) is 9.62. The van der Waals surface area contributed by atoms with E-state index >= 15 is 0 Å². The molecule has 0 aromatic heterocycles. The Morgan fingerprint density at radius 1 is 1.50 bits per heavy atom. The lowest BCUT2D eigenvalue weighted by atomic mass is 10.6. The van der Waals surface area contributed by atoms with Gasteiger partial charge in [0.05, 0.1) is 6.61 Å². The molecular formula is C6H5O4-. The highest BCUT2D eigenvalue weighted by Crippen LogP contribution is 1.72. The highest BCUT2D eigenvalue weighted by molar-refractivity contribution is 5.96. The molecule has 10 heavy (non-hydrogen) atoms. The van der Waals surface area contributed by atoms with Gasteiger partial charge in [-0.3, -0.25) is 0 Å². The molecule has 0 aliphatic heterocycles. The minimum Gasteiger partial charge on any atom is -0.537 e. The molecule has 4 nitrogen and oxygen atoms in total. The van der Waals surface area contributed by atoms with Gasteiger partial charge in [-0.15, -0.1) is 0 Å². The molecule has 0 bridgehead atoms. The molecule has 4 heteroatoms. The first kappa shape index (κ1) is 8.50. The second-order valence-corrected chi connectivity index (χ2v) is 1.26. The molecule has 0 aromatic carbocycles. The third-order valence-corrected chi connectivity index (χ3v) is 0.542. The van der Waals surface area contributed by atoms with Gasteiger partial charge in [-0.1, -0.05) is 0 Å². The van der Waals surface area contributed by atoms with Crippen LogP contribution in [-0.2, 0) is 14.3 Å². The van der Waals surface area contributed by atoms with Gasteiger partial charge in [0.15, 0.2) is 0 Å². The molecule has 0 aliphatic rings. The largest absolute Gasteiger partial charge is 0.537 e. The van der Waals surface area contributed by atoms with Crippen LogP contribution >= 0.6 is 0 Å². The van der Waals surface area contributed by atoms with Gasteiger partial charge in [-0.25, -0.2) is 4.79 Å². The Labute approximate surface area is 57.8 Å². The van der Waals surface area contributed by atoms with Crippen LogP contribution in [0.3, 0.4) is 0 Å². The third-order valence-electron chi connectivity index (χ3n) is 0.542. The van der Waals surface area contributed by atoms with Gasteiger partial charge in [0, 0.05) is 5.92 Å². The summed E-state index contributed by atoms with van der Waals surface area (Å²) in [5.74, 6) is 0.776. The van der Waals surface area contributed by atoms with Crippen LogP contribution < -0.4 is 5.11 Å². The molecule has 0 aromatic rings. The zero-order valence-corrected chi connectivity index (χ0v) is 5.34. The monoisotopic (exact) mass is 141 g/mol. The van der Waals surface area contributed by atoms with Crippen LogP contribution in [0.15, 0.2) is 0 Å². The Bertz CT molecular complexity index is 196. The second kappa shape index (κ2) is 4.39. The van der Waals surface area contributed by atoms with Crippen molar-refractivity contribution in [2.75, 3.05) is 6.61 Å². The van der Waals surface area contributed by atoms with Crippen LogP contribution in [0, 0.1) is 11.8 Å². The van der Waals surface area contributed by atoms with E-state index in [4.69, 9.17) is 0 Å². The Balaban J connectivity index is 3.81. The summed E-state index contributed by atoms with van der Waals surface area (Å²) < 4.78 is 4.29. The number of carboxylic acids is 1. The Hall–Kier alpha value is -1.50. The molecule has 0 N–H and O–H groups in total. The number of ether oxygens (including phenoxy) is 1. The molecule has 0 spiro atoms. The van der Waals surface area contributed by atoms with Crippen molar-refractivity contribution in [2.45, 2.75) is 6.92 Å². The van der Waals surface area contributed by atoms with E-state index in [9.17, 15) is 14.7 Å². The van der Waals surface area contributed by atoms with Crippen molar-refractivity contribution in [1.82, 2.24) is 0 Å². The molecule has 0 atom stereocenters.